The van der Waals surface area contributed by atoms with Crippen molar-refractivity contribution < 1.29 is 9.53 Å². The summed E-state index contributed by atoms with van der Waals surface area (Å²) in [6.07, 6.45) is 0.149. The van der Waals surface area contributed by atoms with Crippen molar-refractivity contribution in [1.82, 2.24) is 14.6 Å². The molecule has 78 valence electrons. The summed E-state index contributed by atoms with van der Waals surface area (Å²) in [7, 11) is 1.35. The number of carbonyl (C=O) groups is 1. The van der Waals surface area contributed by atoms with Gasteiger partial charge in [-0.2, -0.15) is 4.98 Å². The summed E-state index contributed by atoms with van der Waals surface area (Å²) in [6, 6.07) is 5.34. The highest BCUT2D eigenvalue weighted by Crippen LogP contribution is 2.07. The molecule has 6 heteroatoms. The molecule has 0 aliphatic heterocycles. The van der Waals surface area contributed by atoms with E-state index in [1.54, 1.807) is 18.2 Å². The number of nitrogen functional groups attached to an aromatic ring is 1. The number of nitrogens with zero attached hydrogens (tertiary/aromatic N) is 3. The number of aromatic nitrogens is 3. The first kappa shape index (κ1) is 9.45. The fraction of sp³-hybridized carbons (Fsp3) is 0.222. The standard InChI is InChI=1S/C9H10N4O2/c1-15-8(14)5-6-3-2-4-7-11-9(10)12-13(6)7/h2-4H,5H2,1H3,(H2,10,12). The Morgan fingerprint density at radius 2 is 2.40 bits per heavy atom. The van der Waals surface area contributed by atoms with E-state index in [1.165, 1.54) is 11.6 Å². The number of hydrogen-bond donors (Lipinski definition) is 1. The van der Waals surface area contributed by atoms with Crippen LogP contribution in [0.5, 0.6) is 0 Å². The van der Waals surface area contributed by atoms with Crippen molar-refractivity contribution in [3.8, 4) is 0 Å². The van der Waals surface area contributed by atoms with E-state index in [1.807, 2.05) is 0 Å². The summed E-state index contributed by atoms with van der Waals surface area (Å²) < 4.78 is 6.11. The summed E-state index contributed by atoms with van der Waals surface area (Å²) >= 11 is 0. The minimum Gasteiger partial charge on any atom is -0.469 e. The topological polar surface area (TPSA) is 82.5 Å². The zero-order chi connectivity index (χ0) is 10.8. The first-order valence-electron chi connectivity index (χ1n) is 4.37. The number of esters is 1. The van der Waals surface area contributed by atoms with Crippen LogP contribution in [0.25, 0.3) is 5.65 Å². The Kier molecular flexibility index (Phi) is 2.24. The molecule has 0 aromatic carbocycles. The van der Waals surface area contributed by atoms with Crippen LogP contribution in [0.15, 0.2) is 18.2 Å². The molecule has 0 spiro atoms. The number of anilines is 1. The van der Waals surface area contributed by atoms with E-state index in [4.69, 9.17) is 5.73 Å². The molecule has 0 saturated carbocycles. The summed E-state index contributed by atoms with van der Waals surface area (Å²) in [5, 5.41) is 3.98. The molecule has 0 unspecified atom stereocenters. The minimum atomic E-state index is -0.323. The molecular formula is C9H10N4O2. The van der Waals surface area contributed by atoms with Crippen LogP contribution >= 0.6 is 0 Å². The number of methoxy groups -OCH3 is 1. The molecule has 2 heterocycles. The normalized spacial score (nSPS) is 10.5. The molecule has 2 N–H and O–H groups in total. The van der Waals surface area contributed by atoms with E-state index in [0.29, 0.717) is 11.3 Å². The molecule has 0 fully saturated rings. The third-order valence-corrected chi connectivity index (χ3v) is 2.01. The number of nitrogens with two attached hydrogens (primary N) is 1. The van der Waals surface area contributed by atoms with Crippen LogP contribution in [0.2, 0.25) is 0 Å². The van der Waals surface area contributed by atoms with Gasteiger partial charge in [0, 0.05) is 0 Å². The van der Waals surface area contributed by atoms with Gasteiger partial charge in [0.15, 0.2) is 5.65 Å². The first-order valence-corrected chi connectivity index (χ1v) is 4.37. The maximum absolute atomic E-state index is 11.1. The second-order valence-electron chi connectivity index (χ2n) is 3.01. The zero-order valence-electron chi connectivity index (χ0n) is 8.17. The lowest BCUT2D eigenvalue weighted by Crippen LogP contribution is -2.09. The van der Waals surface area contributed by atoms with Crippen molar-refractivity contribution in [3.63, 3.8) is 0 Å². The van der Waals surface area contributed by atoms with E-state index < -0.39 is 0 Å². The zero-order valence-corrected chi connectivity index (χ0v) is 8.17. The van der Waals surface area contributed by atoms with Gasteiger partial charge in [-0.3, -0.25) is 4.79 Å². The summed E-state index contributed by atoms with van der Waals surface area (Å²) in [6.45, 7) is 0. The molecule has 2 aromatic heterocycles. The number of hydrogen-bond acceptors (Lipinski definition) is 5. The smallest absolute Gasteiger partial charge is 0.311 e. The molecular weight excluding hydrogens is 196 g/mol. The highest BCUT2D eigenvalue weighted by molar-refractivity contribution is 5.72. The molecule has 2 aromatic rings. The van der Waals surface area contributed by atoms with Gasteiger partial charge in [0.25, 0.3) is 0 Å². The van der Waals surface area contributed by atoms with Gasteiger partial charge in [-0.05, 0) is 12.1 Å². The molecule has 0 aliphatic carbocycles. The fourth-order valence-corrected chi connectivity index (χ4v) is 1.33. The molecule has 15 heavy (non-hydrogen) atoms. The minimum absolute atomic E-state index is 0.149. The molecule has 6 nitrogen and oxygen atoms in total. The van der Waals surface area contributed by atoms with E-state index in [-0.39, 0.29) is 18.3 Å². The Hall–Kier alpha value is -2.11. The summed E-state index contributed by atoms with van der Waals surface area (Å²) in [5.74, 6) is -0.135. The third-order valence-electron chi connectivity index (χ3n) is 2.01. The monoisotopic (exact) mass is 206 g/mol. The van der Waals surface area contributed by atoms with E-state index in [9.17, 15) is 4.79 Å². The Morgan fingerprint density at radius 3 is 3.13 bits per heavy atom. The van der Waals surface area contributed by atoms with Crippen LogP contribution < -0.4 is 5.73 Å². The Morgan fingerprint density at radius 1 is 1.60 bits per heavy atom. The predicted octanol–water partition coefficient (Wildman–Crippen LogP) is 0.0270. The average Bonchev–Trinajstić information content (AvgIpc) is 2.59. The van der Waals surface area contributed by atoms with Gasteiger partial charge in [-0.1, -0.05) is 6.07 Å². The van der Waals surface area contributed by atoms with Crippen LogP contribution in [-0.4, -0.2) is 27.7 Å². The third kappa shape index (κ3) is 1.74. The molecule has 0 bridgehead atoms. The average molecular weight is 206 g/mol. The lowest BCUT2D eigenvalue weighted by molar-refractivity contribution is -0.139. The number of pyridine rings is 1. The van der Waals surface area contributed by atoms with Gasteiger partial charge >= 0.3 is 5.97 Å². The predicted molar refractivity (Wildman–Crippen MR) is 53.1 cm³/mol. The summed E-state index contributed by atoms with van der Waals surface area (Å²) in [5.41, 5.74) is 6.78. The lowest BCUT2D eigenvalue weighted by Gasteiger charge is -2.01. The van der Waals surface area contributed by atoms with Gasteiger partial charge in [-0.25, -0.2) is 4.52 Å². The van der Waals surface area contributed by atoms with Crippen molar-refractivity contribution in [2.75, 3.05) is 12.8 Å². The molecule has 0 amide bonds. The maximum Gasteiger partial charge on any atom is 0.311 e. The van der Waals surface area contributed by atoms with Crippen LogP contribution in [0.1, 0.15) is 5.69 Å². The molecule has 2 rings (SSSR count). The first-order chi connectivity index (χ1) is 7.20. The van der Waals surface area contributed by atoms with Crippen LogP contribution in [0.3, 0.4) is 0 Å². The number of rotatable bonds is 2. The van der Waals surface area contributed by atoms with Gasteiger partial charge < -0.3 is 10.5 Å². The number of fused-ring (bicyclic) bond motifs is 1. The van der Waals surface area contributed by atoms with Gasteiger partial charge in [0.2, 0.25) is 5.95 Å². The molecule has 0 aliphatic rings. The highest BCUT2D eigenvalue weighted by Gasteiger charge is 2.08. The largest absolute Gasteiger partial charge is 0.469 e. The van der Waals surface area contributed by atoms with E-state index >= 15 is 0 Å². The van der Waals surface area contributed by atoms with Gasteiger partial charge in [-0.15, -0.1) is 5.10 Å². The molecule has 0 atom stereocenters. The van der Waals surface area contributed by atoms with Crippen molar-refractivity contribution in [1.29, 1.82) is 0 Å². The number of ether oxygens (including phenoxy) is 1. The number of carbonyl (C=O) groups excluding carboxylic acids is 1. The van der Waals surface area contributed by atoms with Gasteiger partial charge in [0.05, 0.1) is 19.2 Å². The van der Waals surface area contributed by atoms with Crippen molar-refractivity contribution in [2.24, 2.45) is 0 Å². The SMILES string of the molecule is COC(=O)Cc1cccc2nc(N)nn12. The van der Waals surface area contributed by atoms with Crippen molar-refractivity contribution in [3.05, 3.63) is 23.9 Å². The second-order valence-corrected chi connectivity index (χ2v) is 3.01. The van der Waals surface area contributed by atoms with E-state index in [0.717, 1.165) is 0 Å². The van der Waals surface area contributed by atoms with Crippen LogP contribution in [0.4, 0.5) is 5.95 Å². The van der Waals surface area contributed by atoms with Crippen LogP contribution in [-0.2, 0) is 16.0 Å². The van der Waals surface area contributed by atoms with Crippen molar-refractivity contribution in [2.45, 2.75) is 6.42 Å². The second kappa shape index (κ2) is 3.56. The lowest BCUT2D eigenvalue weighted by atomic mass is 10.3. The van der Waals surface area contributed by atoms with Crippen molar-refractivity contribution >= 4 is 17.6 Å². The Labute approximate surface area is 85.7 Å². The van der Waals surface area contributed by atoms with E-state index in [2.05, 4.69) is 14.8 Å². The molecule has 0 radical (unpaired) electrons. The summed E-state index contributed by atoms with van der Waals surface area (Å²) in [4.78, 5) is 15.1. The fourth-order valence-electron chi connectivity index (χ4n) is 1.33. The highest BCUT2D eigenvalue weighted by atomic mass is 16.5. The van der Waals surface area contributed by atoms with Gasteiger partial charge in [0.1, 0.15) is 0 Å². The quantitative estimate of drug-likeness (QED) is 0.701. The molecule has 0 saturated heterocycles. The van der Waals surface area contributed by atoms with Crippen LogP contribution in [0, 0.1) is 0 Å². The maximum atomic E-state index is 11.1. The Balaban J connectivity index is 2.46. The Bertz CT molecular complexity index is 506.